The molecule has 2 unspecified atom stereocenters. The van der Waals surface area contributed by atoms with Crippen molar-refractivity contribution in [2.75, 3.05) is 44.6 Å². The van der Waals surface area contributed by atoms with Crippen LogP contribution in [0, 0.1) is 0 Å². The fourth-order valence-electron chi connectivity index (χ4n) is 2.74. The molecule has 2 heterocycles. The highest BCUT2D eigenvalue weighted by Crippen LogP contribution is 2.28. The molecule has 1 fully saturated rings. The van der Waals surface area contributed by atoms with Gasteiger partial charge in [-0.15, -0.1) is 0 Å². The van der Waals surface area contributed by atoms with E-state index in [0.29, 0.717) is 0 Å². The van der Waals surface area contributed by atoms with Crippen LogP contribution in [0.3, 0.4) is 0 Å². The number of ether oxygens (including phenoxy) is 2. The first-order valence-corrected chi connectivity index (χ1v) is 7.07. The number of hydrogen-bond acceptors (Lipinski definition) is 6. The maximum atomic E-state index is 5.50. The van der Waals surface area contributed by atoms with Crippen LogP contribution in [-0.2, 0) is 15.9 Å². The molecule has 0 amide bonds. The molecule has 112 valence electrons. The van der Waals surface area contributed by atoms with Crippen molar-refractivity contribution in [2.45, 2.75) is 32.0 Å². The van der Waals surface area contributed by atoms with Crippen molar-refractivity contribution < 1.29 is 9.47 Å². The molecule has 1 aliphatic heterocycles. The first-order chi connectivity index (χ1) is 9.74. The van der Waals surface area contributed by atoms with Gasteiger partial charge in [-0.1, -0.05) is 13.3 Å². The molecule has 6 heteroatoms. The number of aromatic nitrogens is 2. The van der Waals surface area contributed by atoms with E-state index in [0.717, 1.165) is 37.6 Å². The number of nitrogens with zero attached hydrogens (tertiary/aromatic N) is 3. The van der Waals surface area contributed by atoms with Crippen molar-refractivity contribution in [1.29, 1.82) is 0 Å². The third-order valence-electron chi connectivity index (χ3n) is 3.78. The van der Waals surface area contributed by atoms with Gasteiger partial charge in [-0.2, -0.15) is 0 Å². The first kappa shape index (κ1) is 15.0. The highest BCUT2D eigenvalue weighted by molar-refractivity contribution is 5.59. The lowest BCUT2D eigenvalue weighted by atomic mass is 10.1. The van der Waals surface area contributed by atoms with Gasteiger partial charge in [0.1, 0.15) is 30.2 Å². The molecule has 1 N–H and O–H groups in total. The second-order valence-electron chi connectivity index (χ2n) is 4.98. The second kappa shape index (κ2) is 6.85. The van der Waals surface area contributed by atoms with E-state index in [9.17, 15) is 0 Å². The first-order valence-electron chi connectivity index (χ1n) is 7.07. The average Bonchev–Trinajstić information content (AvgIpc) is 2.91. The topological polar surface area (TPSA) is 59.5 Å². The van der Waals surface area contributed by atoms with Gasteiger partial charge in [0.2, 0.25) is 0 Å². The van der Waals surface area contributed by atoms with Gasteiger partial charge in [0, 0.05) is 39.9 Å². The Labute approximate surface area is 120 Å². The smallest absolute Gasteiger partial charge is 0.137 e. The maximum Gasteiger partial charge on any atom is 0.137 e. The second-order valence-corrected chi connectivity index (χ2v) is 4.98. The highest BCUT2D eigenvalue weighted by Gasteiger charge is 2.34. The molecule has 2 rings (SSSR count). The zero-order valence-corrected chi connectivity index (χ0v) is 12.7. The van der Waals surface area contributed by atoms with Gasteiger partial charge < -0.3 is 19.7 Å². The quantitative estimate of drug-likeness (QED) is 0.848. The zero-order chi connectivity index (χ0) is 14.5. The van der Waals surface area contributed by atoms with Crippen LogP contribution in [0.1, 0.15) is 18.9 Å². The molecule has 0 bridgehead atoms. The minimum absolute atomic E-state index is 0.0856. The summed E-state index contributed by atoms with van der Waals surface area (Å²) in [4.78, 5) is 11.0. The molecule has 0 aromatic carbocycles. The van der Waals surface area contributed by atoms with Crippen molar-refractivity contribution in [2.24, 2.45) is 0 Å². The largest absolute Gasteiger partial charge is 0.377 e. The molecule has 0 aliphatic carbocycles. The Morgan fingerprint density at radius 1 is 1.25 bits per heavy atom. The van der Waals surface area contributed by atoms with Crippen molar-refractivity contribution in [1.82, 2.24) is 9.97 Å². The Hall–Kier alpha value is -1.40. The molecule has 0 radical (unpaired) electrons. The Bertz CT molecular complexity index is 429. The minimum atomic E-state index is 0.0856. The molecule has 1 aliphatic rings. The molecule has 1 aromatic rings. The van der Waals surface area contributed by atoms with Crippen molar-refractivity contribution in [3.8, 4) is 0 Å². The van der Waals surface area contributed by atoms with Gasteiger partial charge in [0.05, 0.1) is 0 Å². The lowest BCUT2D eigenvalue weighted by Gasteiger charge is -2.21. The van der Waals surface area contributed by atoms with E-state index in [2.05, 4.69) is 27.1 Å². The lowest BCUT2D eigenvalue weighted by Crippen LogP contribution is -2.27. The summed E-state index contributed by atoms with van der Waals surface area (Å²) in [5, 5.41) is 3.15. The van der Waals surface area contributed by atoms with E-state index in [1.807, 2.05) is 7.05 Å². The summed E-state index contributed by atoms with van der Waals surface area (Å²) in [6.45, 7) is 3.76. The van der Waals surface area contributed by atoms with Crippen LogP contribution in [-0.4, -0.2) is 56.5 Å². The van der Waals surface area contributed by atoms with Crippen LogP contribution < -0.4 is 10.2 Å². The van der Waals surface area contributed by atoms with Crippen LogP contribution >= 0.6 is 0 Å². The van der Waals surface area contributed by atoms with E-state index < -0.39 is 0 Å². The van der Waals surface area contributed by atoms with E-state index in [4.69, 9.17) is 9.47 Å². The Kier molecular flexibility index (Phi) is 5.14. The maximum absolute atomic E-state index is 5.50. The highest BCUT2D eigenvalue weighted by atomic mass is 16.5. The predicted octanol–water partition coefficient (Wildman–Crippen LogP) is 1.32. The van der Waals surface area contributed by atoms with Crippen molar-refractivity contribution in [3.63, 3.8) is 0 Å². The third kappa shape index (κ3) is 2.86. The van der Waals surface area contributed by atoms with Crippen LogP contribution in [0.4, 0.5) is 11.6 Å². The average molecular weight is 280 g/mol. The summed E-state index contributed by atoms with van der Waals surface area (Å²) in [7, 11) is 5.35. The molecule has 20 heavy (non-hydrogen) atoms. The fraction of sp³-hybridized carbons (Fsp3) is 0.714. The Morgan fingerprint density at radius 3 is 2.40 bits per heavy atom. The number of anilines is 2. The number of nitrogens with one attached hydrogen (secondary N) is 1. The molecule has 6 nitrogen and oxygen atoms in total. The number of methoxy groups -OCH3 is 2. The van der Waals surface area contributed by atoms with Crippen LogP contribution in [0.15, 0.2) is 6.33 Å². The van der Waals surface area contributed by atoms with Crippen molar-refractivity contribution >= 4 is 11.6 Å². The molecule has 0 spiro atoms. The van der Waals surface area contributed by atoms with Gasteiger partial charge in [-0.05, 0) is 6.42 Å². The summed E-state index contributed by atoms with van der Waals surface area (Å²) >= 11 is 0. The standard InChI is InChI=1S/C14H24N4O2/c1-5-6-10-13(15-2)16-9-17-14(10)18-7-11(19-3)12(8-18)20-4/h9,11-12H,5-8H2,1-4H3,(H,15,16,17). The number of rotatable bonds is 6. The molecule has 1 aromatic heterocycles. The number of hydrogen-bond donors (Lipinski definition) is 1. The molecular formula is C14H24N4O2. The monoisotopic (exact) mass is 280 g/mol. The van der Waals surface area contributed by atoms with E-state index in [1.165, 1.54) is 5.56 Å². The van der Waals surface area contributed by atoms with Gasteiger partial charge in [-0.3, -0.25) is 0 Å². The normalized spacial score (nSPS) is 22.3. The molecular weight excluding hydrogens is 256 g/mol. The fourth-order valence-corrected chi connectivity index (χ4v) is 2.74. The minimum Gasteiger partial charge on any atom is -0.377 e. The molecule has 0 saturated carbocycles. The van der Waals surface area contributed by atoms with Crippen LogP contribution in [0.5, 0.6) is 0 Å². The Balaban J connectivity index is 2.28. The lowest BCUT2D eigenvalue weighted by molar-refractivity contribution is -0.00461. The van der Waals surface area contributed by atoms with Gasteiger partial charge in [-0.25, -0.2) is 9.97 Å². The summed E-state index contributed by atoms with van der Waals surface area (Å²) in [5.41, 5.74) is 1.17. The van der Waals surface area contributed by atoms with E-state index in [-0.39, 0.29) is 12.2 Å². The SMILES string of the molecule is CCCc1c(NC)ncnc1N1CC(OC)C(OC)C1. The van der Waals surface area contributed by atoms with Gasteiger partial charge >= 0.3 is 0 Å². The summed E-state index contributed by atoms with van der Waals surface area (Å²) < 4.78 is 11.0. The van der Waals surface area contributed by atoms with E-state index in [1.54, 1.807) is 20.5 Å². The van der Waals surface area contributed by atoms with Gasteiger partial charge in [0.25, 0.3) is 0 Å². The predicted molar refractivity (Wildman–Crippen MR) is 79.4 cm³/mol. The zero-order valence-electron chi connectivity index (χ0n) is 12.7. The van der Waals surface area contributed by atoms with Crippen LogP contribution in [0.25, 0.3) is 0 Å². The summed E-state index contributed by atoms with van der Waals surface area (Å²) in [6, 6.07) is 0. The molecule has 2 atom stereocenters. The third-order valence-corrected chi connectivity index (χ3v) is 3.78. The summed E-state index contributed by atoms with van der Waals surface area (Å²) in [5.74, 6) is 1.90. The van der Waals surface area contributed by atoms with Crippen molar-refractivity contribution in [3.05, 3.63) is 11.9 Å². The van der Waals surface area contributed by atoms with Crippen LogP contribution in [0.2, 0.25) is 0 Å². The van der Waals surface area contributed by atoms with Gasteiger partial charge in [0.15, 0.2) is 0 Å². The molecule has 1 saturated heterocycles. The Morgan fingerprint density at radius 2 is 1.90 bits per heavy atom. The van der Waals surface area contributed by atoms with E-state index >= 15 is 0 Å². The summed E-state index contributed by atoms with van der Waals surface area (Å²) in [6.07, 6.45) is 3.80.